The number of hydrogen-bond donors (Lipinski definition) is 2. The summed E-state index contributed by atoms with van der Waals surface area (Å²) in [6.45, 7) is 7.14. The zero-order valence-electron chi connectivity index (χ0n) is 13.3. The summed E-state index contributed by atoms with van der Waals surface area (Å²) in [5, 5.41) is 13.5. The van der Waals surface area contributed by atoms with Crippen LogP contribution in [0.2, 0.25) is 0 Å². The number of nitrogens with one attached hydrogen (secondary N) is 1. The Balaban J connectivity index is 1.85. The van der Waals surface area contributed by atoms with E-state index in [9.17, 15) is 5.11 Å². The zero-order valence-corrected chi connectivity index (χ0v) is 13.3. The lowest BCUT2D eigenvalue weighted by Crippen LogP contribution is -2.41. The van der Waals surface area contributed by atoms with Gasteiger partial charge in [0, 0.05) is 25.5 Å². The third kappa shape index (κ3) is 4.79. The van der Waals surface area contributed by atoms with Gasteiger partial charge in [0.05, 0.1) is 11.8 Å². The third-order valence-corrected chi connectivity index (χ3v) is 3.74. The van der Waals surface area contributed by atoms with Crippen LogP contribution in [0, 0.1) is 5.92 Å². The molecule has 1 unspecified atom stereocenters. The molecule has 0 spiro atoms. The predicted molar refractivity (Wildman–Crippen MR) is 85.7 cm³/mol. The van der Waals surface area contributed by atoms with Gasteiger partial charge < -0.3 is 15.2 Å². The highest BCUT2D eigenvalue weighted by molar-refractivity contribution is 5.29. The van der Waals surface area contributed by atoms with E-state index in [2.05, 4.69) is 15.3 Å². The lowest BCUT2D eigenvalue weighted by atomic mass is 9.92. The Hall–Kier alpha value is -1.98. The Morgan fingerprint density at radius 3 is 2.55 bits per heavy atom. The van der Waals surface area contributed by atoms with Crippen molar-refractivity contribution in [1.82, 2.24) is 15.3 Å². The van der Waals surface area contributed by atoms with Gasteiger partial charge in [0.1, 0.15) is 5.75 Å². The molecule has 1 heterocycles. The Kier molecular flexibility index (Phi) is 5.46. The van der Waals surface area contributed by atoms with E-state index >= 15 is 0 Å². The summed E-state index contributed by atoms with van der Waals surface area (Å²) in [7, 11) is 0. The summed E-state index contributed by atoms with van der Waals surface area (Å²) in [4.78, 5) is 8.02. The van der Waals surface area contributed by atoms with Crippen molar-refractivity contribution in [1.29, 1.82) is 0 Å². The van der Waals surface area contributed by atoms with E-state index in [0.717, 1.165) is 11.3 Å². The number of nitrogens with zero attached hydrogens (tertiary/aromatic N) is 2. The normalized spacial score (nSPS) is 13.9. The monoisotopic (exact) mass is 301 g/mol. The van der Waals surface area contributed by atoms with Crippen molar-refractivity contribution in [3.8, 4) is 11.6 Å². The van der Waals surface area contributed by atoms with Crippen molar-refractivity contribution in [2.24, 2.45) is 5.92 Å². The summed E-state index contributed by atoms with van der Waals surface area (Å²) in [6.07, 6.45) is 4.77. The maximum Gasteiger partial charge on any atom is 0.237 e. The third-order valence-electron chi connectivity index (χ3n) is 3.74. The van der Waals surface area contributed by atoms with E-state index < -0.39 is 5.60 Å². The van der Waals surface area contributed by atoms with E-state index in [0.29, 0.717) is 19.0 Å². The first kappa shape index (κ1) is 16.4. The van der Waals surface area contributed by atoms with Crippen LogP contribution < -0.4 is 10.1 Å². The van der Waals surface area contributed by atoms with Gasteiger partial charge in [0.25, 0.3) is 0 Å². The molecule has 1 atom stereocenters. The van der Waals surface area contributed by atoms with Crippen LogP contribution >= 0.6 is 0 Å². The summed E-state index contributed by atoms with van der Waals surface area (Å²) < 4.78 is 5.59. The van der Waals surface area contributed by atoms with Gasteiger partial charge in [-0.15, -0.1) is 0 Å². The molecule has 0 saturated carbocycles. The van der Waals surface area contributed by atoms with E-state index in [1.54, 1.807) is 18.6 Å². The molecule has 5 nitrogen and oxygen atoms in total. The predicted octanol–water partition coefficient (Wildman–Crippen LogP) is 2.77. The molecule has 0 amide bonds. The van der Waals surface area contributed by atoms with Crippen LogP contribution in [0.15, 0.2) is 42.9 Å². The highest BCUT2D eigenvalue weighted by Crippen LogP contribution is 2.19. The summed E-state index contributed by atoms with van der Waals surface area (Å²) in [6, 6.07) is 7.77. The molecule has 118 valence electrons. The lowest BCUT2D eigenvalue weighted by molar-refractivity contribution is 0.0140. The Bertz CT molecular complexity index is 568. The molecule has 2 aromatic rings. The van der Waals surface area contributed by atoms with Gasteiger partial charge in [-0.3, -0.25) is 4.98 Å². The van der Waals surface area contributed by atoms with Crippen LogP contribution in [0.25, 0.3) is 0 Å². The first-order valence-corrected chi connectivity index (χ1v) is 7.43. The molecule has 0 aliphatic rings. The van der Waals surface area contributed by atoms with Crippen molar-refractivity contribution >= 4 is 0 Å². The molecule has 2 rings (SSSR count). The van der Waals surface area contributed by atoms with E-state index in [1.165, 1.54) is 0 Å². The van der Waals surface area contributed by atoms with Crippen molar-refractivity contribution in [3.63, 3.8) is 0 Å². The van der Waals surface area contributed by atoms with Crippen molar-refractivity contribution in [2.75, 3.05) is 6.54 Å². The average Bonchev–Trinajstić information content (AvgIpc) is 2.50. The fourth-order valence-corrected chi connectivity index (χ4v) is 1.80. The fourth-order valence-electron chi connectivity index (χ4n) is 1.80. The molecule has 22 heavy (non-hydrogen) atoms. The standard InChI is InChI=1S/C17H23N3O2/c1-13(2)17(3,21)12-19-10-14-4-6-15(7-5-14)22-16-11-18-8-9-20-16/h4-9,11,13,19,21H,10,12H2,1-3H3. The molecule has 2 N–H and O–H groups in total. The van der Waals surface area contributed by atoms with Gasteiger partial charge in [-0.25, -0.2) is 4.98 Å². The molecule has 0 fully saturated rings. The van der Waals surface area contributed by atoms with Gasteiger partial charge in [-0.05, 0) is 30.5 Å². The number of benzene rings is 1. The second-order valence-electron chi connectivity index (χ2n) is 5.91. The number of aromatic nitrogens is 2. The van der Waals surface area contributed by atoms with Crippen LogP contribution in [0.1, 0.15) is 26.3 Å². The molecule has 0 radical (unpaired) electrons. The van der Waals surface area contributed by atoms with Gasteiger partial charge >= 0.3 is 0 Å². The van der Waals surface area contributed by atoms with Gasteiger partial charge in [-0.1, -0.05) is 26.0 Å². The summed E-state index contributed by atoms with van der Waals surface area (Å²) in [5.41, 5.74) is 0.431. The minimum Gasteiger partial charge on any atom is -0.438 e. The van der Waals surface area contributed by atoms with Gasteiger partial charge in [0.2, 0.25) is 5.88 Å². The Morgan fingerprint density at radius 2 is 1.95 bits per heavy atom. The second kappa shape index (κ2) is 7.33. The van der Waals surface area contributed by atoms with Crippen molar-refractivity contribution in [3.05, 3.63) is 48.4 Å². The molecule has 1 aromatic heterocycles. The highest BCUT2D eigenvalue weighted by atomic mass is 16.5. The van der Waals surface area contributed by atoms with Crippen LogP contribution in [0.5, 0.6) is 11.6 Å². The lowest BCUT2D eigenvalue weighted by Gasteiger charge is -2.28. The fraction of sp³-hybridized carbons (Fsp3) is 0.412. The highest BCUT2D eigenvalue weighted by Gasteiger charge is 2.23. The first-order chi connectivity index (χ1) is 10.5. The van der Waals surface area contributed by atoms with Crippen LogP contribution in [-0.2, 0) is 6.54 Å². The van der Waals surface area contributed by atoms with Crippen LogP contribution in [-0.4, -0.2) is 27.2 Å². The first-order valence-electron chi connectivity index (χ1n) is 7.43. The van der Waals surface area contributed by atoms with E-state index in [-0.39, 0.29) is 5.92 Å². The Morgan fingerprint density at radius 1 is 1.23 bits per heavy atom. The molecular weight excluding hydrogens is 278 g/mol. The summed E-state index contributed by atoms with van der Waals surface area (Å²) in [5.74, 6) is 1.41. The largest absolute Gasteiger partial charge is 0.438 e. The summed E-state index contributed by atoms with van der Waals surface area (Å²) >= 11 is 0. The second-order valence-corrected chi connectivity index (χ2v) is 5.91. The molecular formula is C17H23N3O2. The Labute approximate surface area is 131 Å². The van der Waals surface area contributed by atoms with Gasteiger partial charge in [-0.2, -0.15) is 0 Å². The molecule has 0 saturated heterocycles. The zero-order chi connectivity index (χ0) is 16.0. The minimum atomic E-state index is -0.699. The average molecular weight is 301 g/mol. The topological polar surface area (TPSA) is 67.3 Å². The van der Waals surface area contributed by atoms with Crippen molar-refractivity contribution < 1.29 is 9.84 Å². The van der Waals surface area contributed by atoms with Crippen LogP contribution in [0.3, 0.4) is 0 Å². The maximum absolute atomic E-state index is 10.2. The molecule has 0 aliphatic carbocycles. The smallest absolute Gasteiger partial charge is 0.237 e. The maximum atomic E-state index is 10.2. The minimum absolute atomic E-state index is 0.211. The van der Waals surface area contributed by atoms with Crippen LogP contribution in [0.4, 0.5) is 0 Å². The molecule has 1 aromatic carbocycles. The molecule has 0 bridgehead atoms. The van der Waals surface area contributed by atoms with E-state index in [4.69, 9.17) is 4.74 Å². The number of aliphatic hydroxyl groups is 1. The molecule has 0 aliphatic heterocycles. The van der Waals surface area contributed by atoms with Crippen molar-refractivity contribution in [2.45, 2.75) is 32.9 Å². The number of ether oxygens (including phenoxy) is 1. The number of rotatable bonds is 7. The number of hydrogen-bond acceptors (Lipinski definition) is 5. The molecule has 5 heteroatoms. The SMILES string of the molecule is CC(C)C(C)(O)CNCc1ccc(Oc2cnccn2)cc1. The van der Waals surface area contributed by atoms with E-state index in [1.807, 2.05) is 45.0 Å². The quantitative estimate of drug-likeness (QED) is 0.823. The van der Waals surface area contributed by atoms with Gasteiger partial charge in [0.15, 0.2) is 0 Å².